The molecule has 0 saturated heterocycles. The molecule has 168 valence electrons. The summed E-state index contributed by atoms with van der Waals surface area (Å²) in [5.74, 6) is 1.15. The minimum Gasteiger partial charge on any atom is -0.459 e. The van der Waals surface area contributed by atoms with Crippen molar-refractivity contribution >= 4 is 17.7 Å². The van der Waals surface area contributed by atoms with Crippen LogP contribution in [0.4, 0.5) is 18.9 Å². The third-order valence-electron chi connectivity index (χ3n) is 4.73. The number of carbonyl (C=O) groups is 1. The van der Waals surface area contributed by atoms with Crippen LogP contribution in [-0.4, -0.2) is 11.0 Å². The average molecular weight is 453 g/mol. The zero-order valence-electron chi connectivity index (χ0n) is 17.1. The molecule has 0 unspecified atom stereocenters. The van der Waals surface area contributed by atoms with Gasteiger partial charge in [0.15, 0.2) is 0 Å². The minimum atomic E-state index is -4.45. The number of rotatable bonds is 6. The summed E-state index contributed by atoms with van der Waals surface area (Å²) in [5.41, 5.74) is 0.784. The number of anilines is 1. The first-order valence-corrected chi connectivity index (χ1v) is 9.88. The Morgan fingerprint density at radius 3 is 2.33 bits per heavy atom. The Hall–Kier alpha value is -4.04. The lowest BCUT2D eigenvalue weighted by atomic mass is 10.1. The Labute approximate surface area is 186 Å². The molecule has 0 atom stereocenters. The molecule has 0 spiro atoms. The molecular weight excluding hydrogens is 435 g/mol. The molecule has 0 saturated carbocycles. The number of hydrogen-bond donors (Lipinski definition) is 2. The molecule has 0 bridgehead atoms. The number of alkyl halides is 3. The largest absolute Gasteiger partial charge is 0.459 e. The van der Waals surface area contributed by atoms with Gasteiger partial charge in [0.1, 0.15) is 29.6 Å². The first-order chi connectivity index (χ1) is 15.8. The first kappa shape index (κ1) is 22.2. The number of aliphatic hydroxyl groups excluding tert-OH is 1. The van der Waals surface area contributed by atoms with Crippen molar-refractivity contribution < 1.29 is 31.9 Å². The second-order valence-electron chi connectivity index (χ2n) is 7.11. The van der Waals surface area contributed by atoms with E-state index in [1.165, 1.54) is 24.3 Å². The van der Waals surface area contributed by atoms with Gasteiger partial charge in [0, 0.05) is 22.9 Å². The molecule has 2 heterocycles. The van der Waals surface area contributed by atoms with Gasteiger partial charge in [-0.25, -0.2) is 0 Å². The topological polar surface area (TPSA) is 75.6 Å². The fraction of sp³-hybridized carbons (Fsp3) is 0.0800. The van der Waals surface area contributed by atoms with Crippen LogP contribution in [0.15, 0.2) is 87.7 Å². The van der Waals surface area contributed by atoms with E-state index >= 15 is 0 Å². The standard InChI is InChI=1S/C25H18F3NO4/c26-25(27,28)18-5-1-3-16(13-18)22-10-7-20(32-22)9-12-24(31)29-19-6-2-4-17(14-19)23-11-8-21(15-30)33-23/h1-14,30H,15H2,(H,29,31)/b12-9+. The molecule has 1 amide bonds. The maximum Gasteiger partial charge on any atom is 0.416 e. The molecule has 33 heavy (non-hydrogen) atoms. The number of carbonyl (C=O) groups excluding carboxylic acids is 1. The first-order valence-electron chi connectivity index (χ1n) is 9.88. The lowest BCUT2D eigenvalue weighted by molar-refractivity contribution is -0.137. The average Bonchev–Trinajstić information content (AvgIpc) is 3.47. The van der Waals surface area contributed by atoms with Crippen molar-refractivity contribution in [2.45, 2.75) is 12.8 Å². The smallest absolute Gasteiger partial charge is 0.416 e. The van der Waals surface area contributed by atoms with Gasteiger partial charge in [0.05, 0.1) is 5.56 Å². The number of hydrogen-bond acceptors (Lipinski definition) is 4. The highest BCUT2D eigenvalue weighted by Gasteiger charge is 2.30. The summed E-state index contributed by atoms with van der Waals surface area (Å²) in [5, 5.41) is 11.8. The van der Waals surface area contributed by atoms with E-state index < -0.39 is 17.6 Å². The van der Waals surface area contributed by atoms with Crippen molar-refractivity contribution in [1.82, 2.24) is 0 Å². The summed E-state index contributed by atoms with van der Waals surface area (Å²) >= 11 is 0. The van der Waals surface area contributed by atoms with Crippen LogP contribution in [-0.2, 0) is 17.6 Å². The predicted molar refractivity (Wildman–Crippen MR) is 117 cm³/mol. The van der Waals surface area contributed by atoms with E-state index in [2.05, 4.69) is 5.32 Å². The Bertz CT molecular complexity index is 1300. The van der Waals surface area contributed by atoms with Gasteiger partial charge in [-0.1, -0.05) is 24.3 Å². The molecule has 0 aliphatic heterocycles. The Morgan fingerprint density at radius 2 is 1.61 bits per heavy atom. The van der Waals surface area contributed by atoms with Gasteiger partial charge in [0.25, 0.3) is 0 Å². The molecule has 0 fully saturated rings. The third kappa shape index (κ3) is 5.42. The quantitative estimate of drug-likeness (QED) is 0.333. The Balaban J connectivity index is 1.43. The molecule has 8 heteroatoms. The molecule has 5 nitrogen and oxygen atoms in total. The highest BCUT2D eigenvalue weighted by Crippen LogP contribution is 2.33. The molecule has 2 N–H and O–H groups in total. The third-order valence-corrected chi connectivity index (χ3v) is 4.73. The molecule has 4 rings (SSSR count). The van der Waals surface area contributed by atoms with E-state index in [0.29, 0.717) is 23.0 Å². The van der Waals surface area contributed by atoms with Gasteiger partial charge in [-0.05, 0) is 54.6 Å². The molecular formula is C25H18F3NO4. The number of benzene rings is 2. The second-order valence-corrected chi connectivity index (χ2v) is 7.11. The number of furan rings is 2. The van der Waals surface area contributed by atoms with Gasteiger partial charge in [-0.15, -0.1) is 0 Å². The van der Waals surface area contributed by atoms with E-state index in [1.807, 2.05) is 6.07 Å². The van der Waals surface area contributed by atoms with Crippen LogP contribution in [0.25, 0.3) is 28.7 Å². The summed E-state index contributed by atoms with van der Waals surface area (Å²) in [4.78, 5) is 12.3. The number of halogens is 3. The zero-order valence-corrected chi connectivity index (χ0v) is 17.1. The lowest BCUT2D eigenvalue weighted by Gasteiger charge is -2.07. The number of nitrogens with one attached hydrogen (secondary N) is 1. The van der Waals surface area contributed by atoms with E-state index in [1.54, 1.807) is 42.5 Å². The van der Waals surface area contributed by atoms with E-state index in [9.17, 15) is 18.0 Å². The van der Waals surface area contributed by atoms with Crippen molar-refractivity contribution in [2.75, 3.05) is 5.32 Å². The van der Waals surface area contributed by atoms with Gasteiger partial charge in [0.2, 0.25) is 5.91 Å². The van der Waals surface area contributed by atoms with Crippen molar-refractivity contribution in [2.24, 2.45) is 0 Å². The summed E-state index contributed by atoms with van der Waals surface area (Å²) in [7, 11) is 0. The van der Waals surface area contributed by atoms with Crippen LogP contribution in [0.3, 0.4) is 0 Å². The summed E-state index contributed by atoms with van der Waals surface area (Å²) in [6.07, 6.45) is -1.76. The van der Waals surface area contributed by atoms with Crippen molar-refractivity contribution in [3.8, 4) is 22.6 Å². The zero-order chi connectivity index (χ0) is 23.4. The summed E-state index contributed by atoms with van der Waals surface area (Å²) in [6.45, 7) is -0.205. The summed E-state index contributed by atoms with van der Waals surface area (Å²) < 4.78 is 49.8. The van der Waals surface area contributed by atoms with Crippen LogP contribution < -0.4 is 5.32 Å². The van der Waals surface area contributed by atoms with Crippen LogP contribution >= 0.6 is 0 Å². The highest BCUT2D eigenvalue weighted by atomic mass is 19.4. The normalized spacial score (nSPS) is 11.8. The molecule has 0 aliphatic rings. The predicted octanol–water partition coefficient (Wildman–Crippen LogP) is 6.37. The van der Waals surface area contributed by atoms with Crippen LogP contribution in [0.2, 0.25) is 0 Å². The number of aliphatic hydroxyl groups is 1. The molecule has 2 aromatic carbocycles. The maximum absolute atomic E-state index is 12.9. The summed E-state index contributed by atoms with van der Waals surface area (Å²) in [6, 6.07) is 18.3. The van der Waals surface area contributed by atoms with Gasteiger partial charge in [-0.2, -0.15) is 13.2 Å². The van der Waals surface area contributed by atoms with Crippen LogP contribution in [0.5, 0.6) is 0 Å². The molecule has 2 aromatic heterocycles. The molecule has 0 radical (unpaired) electrons. The van der Waals surface area contributed by atoms with Crippen molar-refractivity contribution in [3.05, 3.63) is 96.0 Å². The van der Waals surface area contributed by atoms with E-state index in [4.69, 9.17) is 13.9 Å². The maximum atomic E-state index is 12.9. The lowest BCUT2D eigenvalue weighted by Crippen LogP contribution is -2.07. The fourth-order valence-corrected chi connectivity index (χ4v) is 3.16. The minimum absolute atomic E-state index is 0.205. The van der Waals surface area contributed by atoms with Gasteiger partial charge < -0.3 is 19.3 Å². The van der Waals surface area contributed by atoms with E-state index in [0.717, 1.165) is 17.7 Å². The van der Waals surface area contributed by atoms with Gasteiger partial charge >= 0.3 is 6.18 Å². The van der Waals surface area contributed by atoms with Gasteiger partial charge in [-0.3, -0.25) is 4.79 Å². The Kier molecular flexibility index (Phi) is 6.19. The molecule has 4 aromatic rings. The second kappa shape index (κ2) is 9.22. The monoisotopic (exact) mass is 453 g/mol. The Morgan fingerprint density at radius 1 is 0.909 bits per heavy atom. The van der Waals surface area contributed by atoms with Crippen molar-refractivity contribution in [1.29, 1.82) is 0 Å². The molecule has 0 aliphatic carbocycles. The number of amides is 1. The van der Waals surface area contributed by atoms with Crippen LogP contribution in [0.1, 0.15) is 17.1 Å². The van der Waals surface area contributed by atoms with Crippen LogP contribution in [0, 0.1) is 0 Å². The fourth-order valence-electron chi connectivity index (χ4n) is 3.16. The SMILES string of the molecule is O=C(/C=C/c1ccc(-c2cccc(C(F)(F)F)c2)o1)Nc1cccc(-c2ccc(CO)o2)c1. The van der Waals surface area contributed by atoms with E-state index in [-0.39, 0.29) is 17.9 Å². The van der Waals surface area contributed by atoms with Crippen molar-refractivity contribution in [3.63, 3.8) is 0 Å². The highest BCUT2D eigenvalue weighted by molar-refractivity contribution is 6.02.